The van der Waals surface area contributed by atoms with Gasteiger partial charge in [0.15, 0.2) is 0 Å². The molecular weight excluding hydrogens is 412 g/mol. The molecule has 1 aromatic heterocycles. The first kappa shape index (κ1) is 20.0. The number of likely N-dealkylation sites (tertiary alicyclic amines) is 1. The van der Waals surface area contributed by atoms with E-state index < -0.39 is 0 Å². The van der Waals surface area contributed by atoms with Crippen LogP contribution in [0.3, 0.4) is 0 Å². The highest BCUT2D eigenvalue weighted by Gasteiger charge is 2.26. The minimum absolute atomic E-state index is 0.00941. The first-order valence-electron chi connectivity index (χ1n) is 9.23. The van der Waals surface area contributed by atoms with E-state index in [-0.39, 0.29) is 11.8 Å². The fourth-order valence-corrected chi connectivity index (χ4v) is 3.48. The van der Waals surface area contributed by atoms with Crippen molar-refractivity contribution in [3.8, 4) is 11.4 Å². The summed E-state index contributed by atoms with van der Waals surface area (Å²) < 4.78 is 11.4. The minimum atomic E-state index is 0.00941. The zero-order valence-electron chi connectivity index (χ0n) is 15.5. The molecule has 0 saturated carbocycles. The molecular formula is C19H25BrN4O3. The van der Waals surface area contributed by atoms with Crippen molar-refractivity contribution < 1.29 is 14.1 Å². The number of ether oxygens (including phenoxy) is 1. The Bertz CT molecular complexity index is 735. The molecule has 27 heavy (non-hydrogen) atoms. The molecule has 2 aromatic rings. The summed E-state index contributed by atoms with van der Waals surface area (Å²) in [5.74, 6) is 1.29. The highest BCUT2D eigenvalue weighted by molar-refractivity contribution is 9.10. The van der Waals surface area contributed by atoms with E-state index in [4.69, 9.17) is 9.26 Å². The van der Waals surface area contributed by atoms with Gasteiger partial charge in [-0.05, 0) is 50.1 Å². The monoisotopic (exact) mass is 436 g/mol. The molecule has 1 saturated heterocycles. The summed E-state index contributed by atoms with van der Waals surface area (Å²) in [6.45, 7) is 3.53. The summed E-state index contributed by atoms with van der Waals surface area (Å²) in [6.07, 6.45) is 2.74. The molecule has 3 rings (SSSR count). The SMILES string of the molecule is COCCCNC(=O)C1CCCN(Cc2nc(-c3ccc(Br)cc3)no2)C1. The molecule has 1 atom stereocenters. The van der Waals surface area contributed by atoms with E-state index in [0.717, 1.165) is 35.8 Å². The molecule has 7 nitrogen and oxygen atoms in total. The Kier molecular flexibility index (Phi) is 7.37. The molecule has 8 heteroatoms. The largest absolute Gasteiger partial charge is 0.385 e. The minimum Gasteiger partial charge on any atom is -0.385 e. The van der Waals surface area contributed by atoms with E-state index in [0.29, 0.717) is 38.0 Å². The Morgan fingerprint density at radius 1 is 1.41 bits per heavy atom. The number of carbonyl (C=O) groups excluding carboxylic acids is 1. The number of benzene rings is 1. The van der Waals surface area contributed by atoms with Gasteiger partial charge < -0.3 is 14.6 Å². The van der Waals surface area contributed by atoms with E-state index in [2.05, 4.69) is 36.3 Å². The smallest absolute Gasteiger partial charge is 0.241 e. The van der Waals surface area contributed by atoms with Gasteiger partial charge >= 0.3 is 0 Å². The zero-order valence-corrected chi connectivity index (χ0v) is 17.1. The molecule has 146 valence electrons. The quantitative estimate of drug-likeness (QED) is 0.640. The fraction of sp³-hybridized carbons (Fsp3) is 0.526. The molecule has 1 amide bonds. The molecule has 1 fully saturated rings. The number of carbonyl (C=O) groups is 1. The number of hydrogen-bond acceptors (Lipinski definition) is 6. The molecule has 2 heterocycles. The molecule has 0 radical (unpaired) electrons. The van der Waals surface area contributed by atoms with Crippen LogP contribution in [0.4, 0.5) is 0 Å². The number of amides is 1. The Morgan fingerprint density at radius 2 is 2.22 bits per heavy atom. The van der Waals surface area contributed by atoms with Crippen LogP contribution in [0.15, 0.2) is 33.3 Å². The van der Waals surface area contributed by atoms with Crippen LogP contribution in [-0.2, 0) is 16.1 Å². The summed E-state index contributed by atoms with van der Waals surface area (Å²) in [5.41, 5.74) is 0.917. The van der Waals surface area contributed by atoms with Crippen LogP contribution >= 0.6 is 15.9 Å². The first-order chi connectivity index (χ1) is 13.2. The summed E-state index contributed by atoms with van der Waals surface area (Å²) in [5, 5.41) is 7.08. The van der Waals surface area contributed by atoms with Gasteiger partial charge in [0.25, 0.3) is 0 Å². The predicted octanol–water partition coefficient (Wildman–Crippen LogP) is 2.86. The van der Waals surface area contributed by atoms with Gasteiger partial charge in [0, 0.05) is 36.8 Å². The molecule has 0 aliphatic carbocycles. The maximum absolute atomic E-state index is 12.3. The van der Waals surface area contributed by atoms with Gasteiger partial charge in [0.05, 0.1) is 12.5 Å². The van der Waals surface area contributed by atoms with E-state index in [1.807, 2.05) is 24.3 Å². The highest BCUT2D eigenvalue weighted by atomic mass is 79.9. The average molecular weight is 437 g/mol. The average Bonchev–Trinajstić information content (AvgIpc) is 3.14. The second-order valence-electron chi connectivity index (χ2n) is 6.73. The lowest BCUT2D eigenvalue weighted by molar-refractivity contribution is -0.126. The summed E-state index contributed by atoms with van der Waals surface area (Å²) >= 11 is 3.42. The summed E-state index contributed by atoms with van der Waals surface area (Å²) in [7, 11) is 1.67. The fourth-order valence-electron chi connectivity index (χ4n) is 3.21. The zero-order chi connectivity index (χ0) is 19.1. The molecule has 0 bridgehead atoms. The van der Waals surface area contributed by atoms with Gasteiger partial charge in [-0.3, -0.25) is 9.69 Å². The van der Waals surface area contributed by atoms with Crippen molar-refractivity contribution in [1.29, 1.82) is 0 Å². The Morgan fingerprint density at radius 3 is 3.00 bits per heavy atom. The van der Waals surface area contributed by atoms with Crippen LogP contribution in [0.2, 0.25) is 0 Å². The number of halogens is 1. The lowest BCUT2D eigenvalue weighted by atomic mass is 9.97. The number of nitrogens with zero attached hydrogens (tertiary/aromatic N) is 3. The number of rotatable bonds is 8. The van der Waals surface area contributed by atoms with Gasteiger partial charge in [0.1, 0.15) is 0 Å². The number of piperidine rings is 1. The van der Waals surface area contributed by atoms with Gasteiger partial charge in [-0.2, -0.15) is 4.98 Å². The lowest BCUT2D eigenvalue weighted by Gasteiger charge is -2.30. The van der Waals surface area contributed by atoms with Crippen molar-refractivity contribution >= 4 is 21.8 Å². The third kappa shape index (κ3) is 5.85. The van der Waals surface area contributed by atoms with Gasteiger partial charge in [0.2, 0.25) is 17.6 Å². The van der Waals surface area contributed by atoms with Crippen molar-refractivity contribution in [2.75, 3.05) is 33.4 Å². The van der Waals surface area contributed by atoms with Crippen molar-refractivity contribution in [2.45, 2.75) is 25.8 Å². The number of hydrogen-bond donors (Lipinski definition) is 1. The van der Waals surface area contributed by atoms with Crippen LogP contribution in [0.25, 0.3) is 11.4 Å². The number of aromatic nitrogens is 2. The molecule has 1 N–H and O–H groups in total. The predicted molar refractivity (Wildman–Crippen MR) is 105 cm³/mol. The van der Waals surface area contributed by atoms with Crippen LogP contribution in [-0.4, -0.2) is 54.3 Å². The highest BCUT2D eigenvalue weighted by Crippen LogP contribution is 2.21. The van der Waals surface area contributed by atoms with E-state index in [1.54, 1.807) is 7.11 Å². The number of methoxy groups -OCH3 is 1. The van der Waals surface area contributed by atoms with Crippen molar-refractivity contribution in [2.24, 2.45) is 5.92 Å². The topological polar surface area (TPSA) is 80.5 Å². The van der Waals surface area contributed by atoms with Gasteiger partial charge in [-0.25, -0.2) is 0 Å². The standard InChI is InChI=1S/C19H25BrN4O3/c1-26-11-3-9-21-19(25)15-4-2-10-24(12-15)13-17-22-18(23-27-17)14-5-7-16(20)8-6-14/h5-8,15H,2-4,9-13H2,1H3,(H,21,25). The van der Waals surface area contributed by atoms with Crippen LogP contribution in [0.1, 0.15) is 25.2 Å². The molecule has 0 spiro atoms. The van der Waals surface area contributed by atoms with E-state index >= 15 is 0 Å². The molecule has 1 aliphatic rings. The first-order valence-corrected chi connectivity index (χ1v) is 10.0. The summed E-state index contributed by atoms with van der Waals surface area (Å²) in [4.78, 5) is 19.0. The summed E-state index contributed by atoms with van der Waals surface area (Å²) in [6, 6.07) is 7.80. The van der Waals surface area contributed by atoms with Crippen LogP contribution in [0.5, 0.6) is 0 Å². The second-order valence-corrected chi connectivity index (χ2v) is 7.65. The third-order valence-corrected chi connectivity index (χ3v) is 5.16. The van der Waals surface area contributed by atoms with Gasteiger partial charge in [-0.1, -0.05) is 21.1 Å². The van der Waals surface area contributed by atoms with Crippen molar-refractivity contribution in [1.82, 2.24) is 20.4 Å². The number of nitrogens with one attached hydrogen (secondary N) is 1. The van der Waals surface area contributed by atoms with Crippen LogP contribution < -0.4 is 5.32 Å². The van der Waals surface area contributed by atoms with Crippen molar-refractivity contribution in [3.63, 3.8) is 0 Å². The van der Waals surface area contributed by atoms with E-state index in [1.165, 1.54) is 0 Å². The van der Waals surface area contributed by atoms with Gasteiger partial charge in [-0.15, -0.1) is 0 Å². The second kappa shape index (κ2) is 9.96. The Balaban J connectivity index is 1.52. The molecule has 1 unspecified atom stereocenters. The lowest BCUT2D eigenvalue weighted by Crippen LogP contribution is -2.43. The maximum atomic E-state index is 12.3. The molecule has 1 aromatic carbocycles. The third-order valence-electron chi connectivity index (χ3n) is 4.63. The Hall–Kier alpha value is -1.77. The van der Waals surface area contributed by atoms with E-state index in [9.17, 15) is 4.79 Å². The molecule has 1 aliphatic heterocycles. The normalized spacial score (nSPS) is 17.8. The maximum Gasteiger partial charge on any atom is 0.241 e. The van der Waals surface area contributed by atoms with Crippen molar-refractivity contribution in [3.05, 3.63) is 34.6 Å². The Labute approximate surface area is 167 Å². The van der Waals surface area contributed by atoms with Crippen LogP contribution in [0, 0.1) is 5.92 Å².